The van der Waals surface area contributed by atoms with E-state index in [2.05, 4.69) is 18.7 Å². The molecule has 0 aliphatic rings. The minimum Gasteiger partial charge on any atom is -0.508 e. The van der Waals surface area contributed by atoms with Crippen molar-refractivity contribution in [3.05, 3.63) is 24.3 Å². The molecule has 1 aromatic rings. The first-order chi connectivity index (χ1) is 15.1. The van der Waals surface area contributed by atoms with Crippen LogP contribution in [0.4, 0.5) is 4.79 Å². The lowest BCUT2D eigenvalue weighted by Crippen LogP contribution is -2.09. The summed E-state index contributed by atoms with van der Waals surface area (Å²) in [5, 5.41) is 17.3. The van der Waals surface area contributed by atoms with Gasteiger partial charge in [-0.05, 0) is 25.0 Å². The number of phenolic OH excluding ortho intramolecular Hbond substituents is 2. The van der Waals surface area contributed by atoms with Crippen LogP contribution >= 0.6 is 0 Å². The lowest BCUT2D eigenvalue weighted by Gasteiger charge is -2.05. The van der Waals surface area contributed by atoms with E-state index in [0.29, 0.717) is 13.2 Å². The number of rotatable bonds is 17. The third kappa shape index (κ3) is 22.6. The van der Waals surface area contributed by atoms with Gasteiger partial charge < -0.3 is 14.9 Å². The molecule has 1 aromatic carbocycles. The first kappa shape index (κ1) is 29.1. The topological polar surface area (TPSA) is 85.2 Å². The van der Waals surface area contributed by atoms with Crippen LogP contribution in [0.2, 0.25) is 0 Å². The molecular weight excluding hydrogens is 396 g/mol. The Balaban J connectivity index is 0.000000929. The summed E-state index contributed by atoms with van der Waals surface area (Å²) < 4.78 is 4.96. The highest BCUT2D eigenvalue weighted by Crippen LogP contribution is 2.14. The van der Waals surface area contributed by atoms with Crippen molar-refractivity contribution in [2.75, 3.05) is 13.2 Å². The molecule has 1 rings (SSSR count). The van der Waals surface area contributed by atoms with Crippen LogP contribution in [0.15, 0.2) is 24.3 Å². The number of carbonyl (C=O) groups excluding carboxylic acids is 1. The largest absolute Gasteiger partial charge is 0.540 e. The minimum absolute atomic E-state index is 0.0880. The van der Waals surface area contributed by atoms with Crippen LogP contribution < -0.4 is 0 Å². The Bertz CT molecular complexity index is 503. The molecule has 0 radical (unpaired) electrons. The predicted molar refractivity (Wildman–Crippen MR) is 124 cm³/mol. The van der Waals surface area contributed by atoms with Gasteiger partial charge in [0.1, 0.15) is 11.5 Å². The number of ether oxygens (including phenoxy) is 1. The van der Waals surface area contributed by atoms with Crippen LogP contribution in [0.5, 0.6) is 11.5 Å². The zero-order valence-corrected chi connectivity index (χ0v) is 19.7. The van der Waals surface area contributed by atoms with E-state index in [4.69, 9.17) is 19.8 Å². The monoisotopic (exact) mass is 440 g/mol. The molecule has 6 nitrogen and oxygen atoms in total. The van der Waals surface area contributed by atoms with Crippen molar-refractivity contribution in [1.29, 1.82) is 0 Å². The maximum Gasteiger partial charge on any atom is 0.540 e. The van der Waals surface area contributed by atoms with Gasteiger partial charge in [0.2, 0.25) is 0 Å². The Morgan fingerprint density at radius 2 is 1.16 bits per heavy atom. The number of unbranched alkanes of at least 4 members (excludes halogenated alkanes) is 12. The fraction of sp³-hybridized carbons (Fsp3) is 0.720. The highest BCUT2D eigenvalue weighted by Gasteiger charge is 2.04. The Kier molecular flexibility index (Phi) is 21.3. The first-order valence-corrected chi connectivity index (χ1v) is 12.0. The molecular formula is C25H44O6. The van der Waals surface area contributed by atoms with Crippen LogP contribution in [0.1, 0.15) is 104 Å². The van der Waals surface area contributed by atoms with E-state index in [-0.39, 0.29) is 11.5 Å². The van der Waals surface area contributed by atoms with Gasteiger partial charge in [0.25, 0.3) is 0 Å². The van der Waals surface area contributed by atoms with Gasteiger partial charge in [-0.25, -0.2) is 4.79 Å². The number of carbonyl (C=O) groups is 1. The lowest BCUT2D eigenvalue weighted by molar-refractivity contribution is -0.255. The Hall–Kier alpha value is -1.95. The van der Waals surface area contributed by atoms with E-state index >= 15 is 0 Å². The molecule has 0 aliphatic heterocycles. The van der Waals surface area contributed by atoms with E-state index in [1.54, 1.807) is 6.07 Å². The second kappa shape index (κ2) is 22.7. The number of benzene rings is 1. The average molecular weight is 441 g/mol. The molecule has 0 spiro atoms. The third-order valence-corrected chi connectivity index (χ3v) is 4.76. The molecule has 0 amide bonds. The SMILES string of the molecule is CCCCCCCCCOOC(=O)OCCCCCCCCC.Oc1cccc(O)c1. The maximum absolute atomic E-state index is 11.3. The molecule has 2 N–H and O–H groups in total. The molecule has 0 aliphatic carbocycles. The lowest BCUT2D eigenvalue weighted by atomic mass is 10.1. The minimum atomic E-state index is -0.709. The first-order valence-electron chi connectivity index (χ1n) is 12.0. The number of hydrogen-bond acceptors (Lipinski definition) is 6. The average Bonchev–Trinajstić information content (AvgIpc) is 2.75. The van der Waals surface area contributed by atoms with Crippen LogP contribution in [-0.2, 0) is 14.5 Å². The summed E-state index contributed by atoms with van der Waals surface area (Å²) in [5.41, 5.74) is 0. The summed E-state index contributed by atoms with van der Waals surface area (Å²) >= 11 is 0. The van der Waals surface area contributed by atoms with Gasteiger partial charge in [-0.3, -0.25) is 4.89 Å². The van der Waals surface area contributed by atoms with E-state index in [9.17, 15) is 4.79 Å². The van der Waals surface area contributed by atoms with Gasteiger partial charge in [0.15, 0.2) is 0 Å². The zero-order chi connectivity index (χ0) is 23.0. The zero-order valence-electron chi connectivity index (χ0n) is 19.7. The fourth-order valence-corrected chi connectivity index (χ4v) is 2.94. The van der Waals surface area contributed by atoms with Crippen LogP contribution in [0.3, 0.4) is 0 Å². The van der Waals surface area contributed by atoms with Crippen molar-refractivity contribution in [1.82, 2.24) is 0 Å². The summed E-state index contributed by atoms with van der Waals surface area (Å²) in [7, 11) is 0. The standard InChI is InChI=1S/C19H38O4.C6H6O2/c1-3-5-7-9-11-13-15-17-21-19(20)23-22-18-16-14-12-10-8-6-4-2;7-5-2-1-3-6(8)4-5/h3-18H2,1-2H3;1-4,7-8H. The van der Waals surface area contributed by atoms with Gasteiger partial charge in [0.05, 0.1) is 13.2 Å². The van der Waals surface area contributed by atoms with Crippen LogP contribution in [-0.4, -0.2) is 29.6 Å². The Labute approximate surface area is 188 Å². The second-order valence-corrected chi connectivity index (χ2v) is 7.77. The molecule has 0 aromatic heterocycles. The second-order valence-electron chi connectivity index (χ2n) is 7.77. The highest BCUT2D eigenvalue weighted by atomic mass is 17.2. The Morgan fingerprint density at radius 1 is 0.710 bits per heavy atom. The predicted octanol–water partition coefficient (Wildman–Crippen LogP) is 7.67. The van der Waals surface area contributed by atoms with Gasteiger partial charge in [-0.15, -0.1) is 0 Å². The van der Waals surface area contributed by atoms with Crippen LogP contribution in [0.25, 0.3) is 0 Å². The fourth-order valence-electron chi connectivity index (χ4n) is 2.94. The molecule has 0 saturated heterocycles. The van der Waals surface area contributed by atoms with Crippen molar-refractivity contribution in [3.8, 4) is 11.5 Å². The third-order valence-electron chi connectivity index (χ3n) is 4.76. The quantitative estimate of drug-likeness (QED) is 0.112. The van der Waals surface area contributed by atoms with E-state index < -0.39 is 6.16 Å². The molecule has 180 valence electrons. The van der Waals surface area contributed by atoms with Crippen LogP contribution in [0, 0.1) is 0 Å². The summed E-state index contributed by atoms with van der Waals surface area (Å²) in [4.78, 5) is 20.7. The molecule has 0 fully saturated rings. The Morgan fingerprint density at radius 3 is 1.61 bits per heavy atom. The van der Waals surface area contributed by atoms with Gasteiger partial charge in [0, 0.05) is 6.07 Å². The van der Waals surface area contributed by atoms with Gasteiger partial charge in [-0.1, -0.05) is 97.0 Å². The van der Waals surface area contributed by atoms with E-state index in [1.165, 1.54) is 82.4 Å². The summed E-state index contributed by atoms with van der Waals surface area (Å²) in [6, 6.07) is 5.85. The smallest absolute Gasteiger partial charge is 0.508 e. The van der Waals surface area contributed by atoms with Crippen molar-refractivity contribution in [3.63, 3.8) is 0 Å². The number of phenols is 2. The summed E-state index contributed by atoms with van der Waals surface area (Å²) in [6.45, 7) is 5.32. The molecule has 0 unspecified atom stereocenters. The molecule has 0 atom stereocenters. The molecule has 0 heterocycles. The normalized spacial score (nSPS) is 10.3. The van der Waals surface area contributed by atoms with E-state index in [1.807, 2.05) is 0 Å². The van der Waals surface area contributed by atoms with Crippen molar-refractivity contribution < 1.29 is 29.5 Å². The molecule has 0 bridgehead atoms. The van der Waals surface area contributed by atoms with Gasteiger partial charge in [-0.2, -0.15) is 4.89 Å². The van der Waals surface area contributed by atoms with E-state index in [0.717, 1.165) is 25.7 Å². The molecule has 0 saturated carbocycles. The number of hydrogen-bond donors (Lipinski definition) is 2. The van der Waals surface area contributed by atoms with Gasteiger partial charge >= 0.3 is 6.16 Å². The maximum atomic E-state index is 11.3. The van der Waals surface area contributed by atoms with Crippen molar-refractivity contribution in [2.45, 2.75) is 104 Å². The summed E-state index contributed by atoms with van der Waals surface area (Å²) in [5.74, 6) is 0.176. The molecule has 6 heteroatoms. The molecule has 31 heavy (non-hydrogen) atoms. The summed E-state index contributed by atoms with van der Waals surface area (Å²) in [6.07, 6.45) is 16.2. The highest BCUT2D eigenvalue weighted by molar-refractivity contribution is 5.58. The van der Waals surface area contributed by atoms with Crippen molar-refractivity contribution >= 4 is 6.16 Å². The number of aromatic hydroxyl groups is 2. The van der Waals surface area contributed by atoms with Crippen molar-refractivity contribution in [2.24, 2.45) is 0 Å².